The number of rotatable bonds is 6. The lowest BCUT2D eigenvalue weighted by molar-refractivity contribution is 0.601. The minimum absolute atomic E-state index is 0.261. The predicted octanol–water partition coefficient (Wildman–Crippen LogP) is 3.91. The summed E-state index contributed by atoms with van der Waals surface area (Å²) in [6.45, 7) is 2.77. The number of benzene rings is 2. The molecule has 0 saturated heterocycles. The van der Waals surface area contributed by atoms with Gasteiger partial charge in [0.2, 0.25) is 0 Å². The molecule has 0 bridgehead atoms. The van der Waals surface area contributed by atoms with Gasteiger partial charge in [-0.3, -0.25) is 4.72 Å². The van der Waals surface area contributed by atoms with Crippen LogP contribution in [0.15, 0.2) is 53.4 Å². The van der Waals surface area contributed by atoms with Gasteiger partial charge in [-0.15, -0.1) is 0 Å². The van der Waals surface area contributed by atoms with Crippen LogP contribution in [-0.2, 0) is 10.0 Å². The van der Waals surface area contributed by atoms with Crippen molar-refractivity contribution in [2.75, 3.05) is 16.6 Å². The van der Waals surface area contributed by atoms with Crippen molar-refractivity contribution < 1.29 is 8.42 Å². The Morgan fingerprint density at radius 2 is 1.71 bits per heavy atom. The summed E-state index contributed by atoms with van der Waals surface area (Å²) in [5.41, 5.74) is 1.18. The van der Waals surface area contributed by atoms with Gasteiger partial charge in [-0.05, 0) is 65.4 Å². The maximum Gasteiger partial charge on any atom is 0.263 e. The van der Waals surface area contributed by atoms with Crippen LogP contribution in [0.25, 0.3) is 0 Å². The normalized spacial score (nSPS) is 11.1. The molecule has 0 aliphatic heterocycles. The van der Waals surface area contributed by atoms with Gasteiger partial charge in [0.15, 0.2) is 0 Å². The molecule has 4 nitrogen and oxygen atoms in total. The third kappa shape index (κ3) is 4.34. The van der Waals surface area contributed by atoms with Gasteiger partial charge in [0, 0.05) is 15.8 Å². The maximum atomic E-state index is 12.5. The zero-order valence-corrected chi connectivity index (χ0v) is 14.6. The maximum absolute atomic E-state index is 12.5. The summed E-state index contributed by atoms with van der Waals surface area (Å²) in [5.74, 6) is 0. The monoisotopic (exact) mass is 416 g/mol. The number of hydrogen-bond donors (Lipinski definition) is 2. The summed E-state index contributed by atoms with van der Waals surface area (Å²) < 4.78 is 28.7. The molecule has 0 fully saturated rings. The van der Waals surface area contributed by atoms with Crippen LogP contribution in [0, 0.1) is 3.57 Å². The highest BCUT2D eigenvalue weighted by molar-refractivity contribution is 14.1. The Kier molecular flexibility index (Phi) is 5.46. The van der Waals surface area contributed by atoms with E-state index in [1.54, 1.807) is 30.3 Å². The first-order valence-electron chi connectivity index (χ1n) is 6.64. The lowest BCUT2D eigenvalue weighted by Crippen LogP contribution is -2.15. The smallest absolute Gasteiger partial charge is 0.263 e. The van der Waals surface area contributed by atoms with Crippen LogP contribution in [0.2, 0.25) is 0 Å². The van der Waals surface area contributed by atoms with Crippen molar-refractivity contribution in [3.63, 3.8) is 0 Å². The molecule has 2 N–H and O–H groups in total. The quantitative estimate of drug-likeness (QED) is 0.703. The first kappa shape index (κ1) is 16.1. The van der Waals surface area contributed by atoms with Crippen LogP contribution in [0.4, 0.5) is 11.4 Å². The summed E-state index contributed by atoms with van der Waals surface area (Å²) >= 11 is 2.18. The molecule has 0 aliphatic rings. The van der Waals surface area contributed by atoms with Crippen LogP contribution < -0.4 is 10.0 Å². The molecule has 2 aromatic rings. The SMILES string of the molecule is CCCNc1ccccc1S(=O)(=O)Nc1ccc(I)cc1. The summed E-state index contributed by atoms with van der Waals surface area (Å²) in [6.07, 6.45) is 0.929. The van der Waals surface area contributed by atoms with Gasteiger partial charge < -0.3 is 5.32 Å². The number of hydrogen-bond acceptors (Lipinski definition) is 3. The Bertz CT molecular complexity index is 700. The largest absolute Gasteiger partial charge is 0.384 e. The lowest BCUT2D eigenvalue weighted by Gasteiger charge is -2.13. The van der Waals surface area contributed by atoms with E-state index in [1.807, 2.05) is 25.1 Å². The molecule has 2 rings (SSSR count). The number of anilines is 2. The first-order chi connectivity index (χ1) is 10.0. The predicted molar refractivity (Wildman–Crippen MR) is 95.2 cm³/mol. The second kappa shape index (κ2) is 7.13. The summed E-state index contributed by atoms with van der Waals surface area (Å²) in [4.78, 5) is 0.261. The number of sulfonamides is 1. The number of para-hydroxylation sites is 1. The second-order valence-electron chi connectivity index (χ2n) is 4.54. The molecule has 0 atom stereocenters. The minimum Gasteiger partial charge on any atom is -0.384 e. The van der Waals surface area contributed by atoms with Gasteiger partial charge >= 0.3 is 0 Å². The van der Waals surface area contributed by atoms with Crippen molar-refractivity contribution in [3.8, 4) is 0 Å². The van der Waals surface area contributed by atoms with Crippen molar-refractivity contribution in [1.82, 2.24) is 0 Å². The molecule has 0 radical (unpaired) electrons. The molecule has 0 heterocycles. The average Bonchev–Trinajstić information content (AvgIpc) is 2.47. The average molecular weight is 416 g/mol. The van der Waals surface area contributed by atoms with E-state index in [0.29, 0.717) is 11.4 Å². The lowest BCUT2D eigenvalue weighted by atomic mass is 10.3. The zero-order chi connectivity index (χ0) is 15.3. The van der Waals surface area contributed by atoms with E-state index in [0.717, 1.165) is 16.5 Å². The fourth-order valence-corrected chi connectivity index (χ4v) is 3.44. The molecule has 2 aromatic carbocycles. The van der Waals surface area contributed by atoms with E-state index in [4.69, 9.17) is 0 Å². The fraction of sp³-hybridized carbons (Fsp3) is 0.200. The van der Waals surface area contributed by atoms with Gasteiger partial charge in [0.1, 0.15) is 4.90 Å². The molecular formula is C15H17IN2O2S. The van der Waals surface area contributed by atoms with E-state index in [1.165, 1.54) is 0 Å². The van der Waals surface area contributed by atoms with Crippen LogP contribution >= 0.6 is 22.6 Å². The zero-order valence-electron chi connectivity index (χ0n) is 11.6. The van der Waals surface area contributed by atoms with Crippen LogP contribution in [0.3, 0.4) is 0 Å². The fourth-order valence-electron chi connectivity index (χ4n) is 1.83. The van der Waals surface area contributed by atoms with Crippen molar-refractivity contribution in [1.29, 1.82) is 0 Å². The van der Waals surface area contributed by atoms with Gasteiger partial charge in [-0.1, -0.05) is 19.1 Å². The van der Waals surface area contributed by atoms with Crippen LogP contribution in [-0.4, -0.2) is 15.0 Å². The number of halogens is 1. The highest BCUT2D eigenvalue weighted by Crippen LogP contribution is 2.23. The Morgan fingerprint density at radius 3 is 2.38 bits per heavy atom. The van der Waals surface area contributed by atoms with Crippen LogP contribution in [0.1, 0.15) is 13.3 Å². The van der Waals surface area contributed by atoms with E-state index in [2.05, 4.69) is 32.6 Å². The van der Waals surface area contributed by atoms with Crippen molar-refractivity contribution in [2.45, 2.75) is 18.2 Å². The van der Waals surface area contributed by atoms with Crippen molar-refractivity contribution in [2.24, 2.45) is 0 Å². The summed E-state index contributed by atoms with van der Waals surface area (Å²) in [5, 5.41) is 3.14. The molecule has 0 saturated carbocycles. The molecule has 0 unspecified atom stereocenters. The number of nitrogens with one attached hydrogen (secondary N) is 2. The molecule has 0 amide bonds. The third-order valence-electron chi connectivity index (χ3n) is 2.84. The Morgan fingerprint density at radius 1 is 1.05 bits per heavy atom. The third-order valence-corrected chi connectivity index (χ3v) is 5.00. The molecule has 0 spiro atoms. The minimum atomic E-state index is -3.60. The van der Waals surface area contributed by atoms with Gasteiger partial charge in [-0.2, -0.15) is 0 Å². The van der Waals surface area contributed by atoms with E-state index in [9.17, 15) is 8.42 Å². The topological polar surface area (TPSA) is 58.2 Å². The molecule has 6 heteroatoms. The highest BCUT2D eigenvalue weighted by Gasteiger charge is 2.18. The van der Waals surface area contributed by atoms with E-state index in [-0.39, 0.29) is 4.90 Å². The molecule has 112 valence electrons. The Labute approximate surface area is 139 Å². The molecule has 0 aromatic heterocycles. The van der Waals surface area contributed by atoms with E-state index >= 15 is 0 Å². The second-order valence-corrected chi connectivity index (χ2v) is 7.43. The standard InChI is InChI=1S/C15H17IN2O2S/c1-2-11-17-14-5-3-4-6-15(14)21(19,20)18-13-9-7-12(16)8-10-13/h3-10,17-18H,2,11H2,1H3. The van der Waals surface area contributed by atoms with Crippen LogP contribution in [0.5, 0.6) is 0 Å². The summed E-state index contributed by atoms with van der Waals surface area (Å²) in [6, 6.07) is 14.1. The highest BCUT2D eigenvalue weighted by atomic mass is 127. The molecule has 0 aliphatic carbocycles. The molecule has 21 heavy (non-hydrogen) atoms. The van der Waals surface area contributed by atoms with Gasteiger partial charge in [0.25, 0.3) is 10.0 Å². The first-order valence-corrected chi connectivity index (χ1v) is 9.20. The van der Waals surface area contributed by atoms with Gasteiger partial charge in [0.05, 0.1) is 5.69 Å². The Hall–Kier alpha value is -1.28. The van der Waals surface area contributed by atoms with Crippen molar-refractivity contribution in [3.05, 3.63) is 52.1 Å². The Balaban J connectivity index is 2.29. The summed E-state index contributed by atoms with van der Waals surface area (Å²) in [7, 11) is -3.60. The van der Waals surface area contributed by atoms with Gasteiger partial charge in [-0.25, -0.2) is 8.42 Å². The van der Waals surface area contributed by atoms with E-state index < -0.39 is 10.0 Å². The molecular weight excluding hydrogens is 399 g/mol. The van der Waals surface area contributed by atoms with Crippen molar-refractivity contribution >= 4 is 44.0 Å².